The summed E-state index contributed by atoms with van der Waals surface area (Å²) in [6.07, 6.45) is 0. The standard InChI is InChI=1S/C14H16N4/c1-9-10(2)14(8-7-13(9)16)18-17-12-5-3-11(15)4-6-12/h3-8H,15-16H2,1-2H3. The van der Waals surface area contributed by atoms with Gasteiger partial charge in [0.15, 0.2) is 0 Å². The largest absolute Gasteiger partial charge is 0.399 e. The van der Waals surface area contributed by atoms with E-state index in [4.69, 9.17) is 11.5 Å². The number of benzene rings is 2. The van der Waals surface area contributed by atoms with E-state index in [0.717, 1.165) is 28.2 Å². The second-order valence-corrected chi connectivity index (χ2v) is 4.22. The zero-order chi connectivity index (χ0) is 13.1. The summed E-state index contributed by atoms with van der Waals surface area (Å²) in [7, 11) is 0. The van der Waals surface area contributed by atoms with E-state index in [1.54, 1.807) is 12.1 Å². The van der Waals surface area contributed by atoms with Gasteiger partial charge in [0.1, 0.15) is 0 Å². The third kappa shape index (κ3) is 2.48. The zero-order valence-corrected chi connectivity index (χ0v) is 10.5. The summed E-state index contributed by atoms with van der Waals surface area (Å²) < 4.78 is 0. The van der Waals surface area contributed by atoms with E-state index >= 15 is 0 Å². The molecule has 2 aromatic rings. The molecule has 92 valence electrons. The molecule has 4 heteroatoms. The summed E-state index contributed by atoms with van der Waals surface area (Å²) >= 11 is 0. The van der Waals surface area contributed by atoms with E-state index in [9.17, 15) is 0 Å². The Balaban J connectivity index is 2.29. The van der Waals surface area contributed by atoms with Gasteiger partial charge in [-0.3, -0.25) is 0 Å². The molecule has 0 bridgehead atoms. The molecule has 4 N–H and O–H groups in total. The Morgan fingerprint density at radius 3 is 2.11 bits per heavy atom. The van der Waals surface area contributed by atoms with Crippen molar-refractivity contribution in [3.05, 3.63) is 47.5 Å². The average molecular weight is 240 g/mol. The lowest BCUT2D eigenvalue weighted by Crippen LogP contribution is -1.91. The summed E-state index contributed by atoms with van der Waals surface area (Å²) in [5, 5.41) is 8.41. The van der Waals surface area contributed by atoms with Gasteiger partial charge in [0.25, 0.3) is 0 Å². The number of nitrogen functional groups attached to an aromatic ring is 2. The number of rotatable bonds is 2. The van der Waals surface area contributed by atoms with Crippen LogP contribution in [0.1, 0.15) is 11.1 Å². The Hall–Kier alpha value is -2.36. The van der Waals surface area contributed by atoms with Crippen molar-refractivity contribution in [1.29, 1.82) is 0 Å². The topological polar surface area (TPSA) is 76.8 Å². The number of anilines is 2. The molecule has 2 rings (SSSR count). The minimum absolute atomic E-state index is 0.716. The zero-order valence-electron chi connectivity index (χ0n) is 10.5. The average Bonchev–Trinajstić information content (AvgIpc) is 2.37. The van der Waals surface area contributed by atoms with Crippen LogP contribution in [0.3, 0.4) is 0 Å². The molecule has 0 amide bonds. The Morgan fingerprint density at radius 2 is 1.44 bits per heavy atom. The van der Waals surface area contributed by atoms with Gasteiger partial charge in [-0.15, -0.1) is 0 Å². The van der Waals surface area contributed by atoms with Gasteiger partial charge in [0.2, 0.25) is 0 Å². The minimum atomic E-state index is 0.716. The van der Waals surface area contributed by atoms with Crippen molar-refractivity contribution < 1.29 is 0 Å². The first kappa shape index (κ1) is 12.1. The van der Waals surface area contributed by atoms with Crippen molar-refractivity contribution >= 4 is 22.7 Å². The highest BCUT2D eigenvalue weighted by molar-refractivity contribution is 5.60. The maximum Gasteiger partial charge on any atom is 0.0890 e. The molecule has 0 aliphatic heterocycles. The van der Waals surface area contributed by atoms with Gasteiger partial charge in [0, 0.05) is 11.4 Å². The molecular formula is C14H16N4. The van der Waals surface area contributed by atoms with Gasteiger partial charge in [-0.1, -0.05) is 0 Å². The fourth-order valence-electron chi connectivity index (χ4n) is 1.59. The van der Waals surface area contributed by atoms with Crippen LogP contribution in [0, 0.1) is 13.8 Å². The SMILES string of the molecule is Cc1c(N)ccc(N=Nc2ccc(N)cc2)c1C. The Labute approximate surface area is 106 Å². The van der Waals surface area contributed by atoms with E-state index in [1.807, 2.05) is 38.1 Å². The third-order valence-electron chi connectivity index (χ3n) is 2.97. The van der Waals surface area contributed by atoms with E-state index in [2.05, 4.69) is 10.2 Å². The summed E-state index contributed by atoms with van der Waals surface area (Å²) in [6, 6.07) is 11.0. The molecular weight excluding hydrogens is 224 g/mol. The van der Waals surface area contributed by atoms with Crippen LogP contribution in [-0.4, -0.2) is 0 Å². The fourth-order valence-corrected chi connectivity index (χ4v) is 1.59. The van der Waals surface area contributed by atoms with Crippen LogP contribution in [0.4, 0.5) is 22.7 Å². The number of hydrogen-bond acceptors (Lipinski definition) is 4. The number of nitrogens with two attached hydrogens (primary N) is 2. The van der Waals surface area contributed by atoms with Crippen LogP contribution >= 0.6 is 0 Å². The van der Waals surface area contributed by atoms with Crippen molar-refractivity contribution in [2.75, 3.05) is 11.5 Å². The first-order chi connectivity index (χ1) is 8.58. The Bertz CT molecular complexity index is 585. The normalized spacial score (nSPS) is 11.0. The molecule has 2 aromatic carbocycles. The molecule has 0 aliphatic carbocycles. The molecule has 0 saturated heterocycles. The van der Waals surface area contributed by atoms with Crippen LogP contribution in [0.5, 0.6) is 0 Å². The van der Waals surface area contributed by atoms with Gasteiger partial charge in [-0.05, 0) is 61.4 Å². The second-order valence-electron chi connectivity index (χ2n) is 4.22. The monoisotopic (exact) mass is 240 g/mol. The molecule has 0 radical (unpaired) electrons. The number of hydrogen-bond donors (Lipinski definition) is 2. The summed E-state index contributed by atoms with van der Waals surface area (Å²) in [6.45, 7) is 3.97. The molecule has 0 aliphatic rings. The molecule has 0 heterocycles. The van der Waals surface area contributed by atoms with Crippen molar-refractivity contribution in [3.8, 4) is 0 Å². The molecule has 0 spiro atoms. The lowest BCUT2D eigenvalue weighted by molar-refractivity contribution is 1.19. The molecule has 18 heavy (non-hydrogen) atoms. The lowest BCUT2D eigenvalue weighted by Gasteiger charge is -2.06. The number of nitrogens with zero attached hydrogens (tertiary/aromatic N) is 2. The van der Waals surface area contributed by atoms with Crippen LogP contribution in [0.2, 0.25) is 0 Å². The maximum atomic E-state index is 5.83. The molecule has 0 aromatic heterocycles. The van der Waals surface area contributed by atoms with Crippen LogP contribution < -0.4 is 11.5 Å². The van der Waals surface area contributed by atoms with Crippen molar-refractivity contribution in [3.63, 3.8) is 0 Å². The summed E-state index contributed by atoms with van der Waals surface area (Å²) in [5.74, 6) is 0. The highest BCUT2D eigenvalue weighted by Crippen LogP contribution is 2.27. The fraction of sp³-hybridized carbons (Fsp3) is 0.143. The van der Waals surface area contributed by atoms with Gasteiger partial charge in [-0.25, -0.2) is 0 Å². The Kier molecular flexibility index (Phi) is 3.28. The van der Waals surface area contributed by atoms with Gasteiger partial charge in [0.05, 0.1) is 11.4 Å². The first-order valence-electron chi connectivity index (χ1n) is 5.71. The summed E-state index contributed by atoms with van der Waals surface area (Å²) in [5.41, 5.74) is 16.6. The highest BCUT2D eigenvalue weighted by atomic mass is 15.1. The quantitative estimate of drug-likeness (QED) is 0.617. The smallest absolute Gasteiger partial charge is 0.0890 e. The van der Waals surface area contributed by atoms with E-state index in [0.29, 0.717) is 5.69 Å². The van der Waals surface area contributed by atoms with Crippen molar-refractivity contribution in [2.24, 2.45) is 10.2 Å². The second kappa shape index (κ2) is 4.87. The van der Waals surface area contributed by atoms with Crippen LogP contribution in [0.15, 0.2) is 46.6 Å². The van der Waals surface area contributed by atoms with E-state index < -0.39 is 0 Å². The predicted octanol–water partition coefficient (Wildman–Crippen LogP) is 3.88. The van der Waals surface area contributed by atoms with Crippen LogP contribution in [-0.2, 0) is 0 Å². The molecule has 0 saturated carbocycles. The Morgan fingerprint density at radius 1 is 0.778 bits per heavy atom. The molecule has 0 fully saturated rings. The van der Waals surface area contributed by atoms with Gasteiger partial charge in [-0.2, -0.15) is 10.2 Å². The number of azo groups is 1. The lowest BCUT2D eigenvalue weighted by atomic mass is 10.1. The van der Waals surface area contributed by atoms with E-state index in [-0.39, 0.29) is 0 Å². The van der Waals surface area contributed by atoms with Crippen molar-refractivity contribution in [1.82, 2.24) is 0 Å². The van der Waals surface area contributed by atoms with Crippen LogP contribution in [0.25, 0.3) is 0 Å². The predicted molar refractivity (Wildman–Crippen MR) is 75.4 cm³/mol. The van der Waals surface area contributed by atoms with Crippen molar-refractivity contribution in [2.45, 2.75) is 13.8 Å². The highest BCUT2D eigenvalue weighted by Gasteiger charge is 2.03. The van der Waals surface area contributed by atoms with Gasteiger partial charge < -0.3 is 11.5 Å². The maximum absolute atomic E-state index is 5.83. The summed E-state index contributed by atoms with van der Waals surface area (Å²) in [4.78, 5) is 0. The molecule has 0 atom stereocenters. The third-order valence-corrected chi connectivity index (χ3v) is 2.97. The molecule has 4 nitrogen and oxygen atoms in total. The minimum Gasteiger partial charge on any atom is -0.399 e. The van der Waals surface area contributed by atoms with E-state index in [1.165, 1.54) is 0 Å². The molecule has 0 unspecified atom stereocenters. The first-order valence-corrected chi connectivity index (χ1v) is 5.71. The van der Waals surface area contributed by atoms with Gasteiger partial charge >= 0.3 is 0 Å².